The van der Waals surface area contributed by atoms with E-state index in [1.54, 1.807) is 0 Å². The van der Waals surface area contributed by atoms with Crippen molar-refractivity contribution in [2.45, 2.75) is 0 Å². The van der Waals surface area contributed by atoms with Crippen LogP contribution in [0.3, 0.4) is 0 Å². The molecule has 0 aliphatic heterocycles. The molecule has 0 aromatic heterocycles. The van der Waals surface area contributed by atoms with Crippen molar-refractivity contribution in [1.82, 2.24) is 0 Å². The van der Waals surface area contributed by atoms with Crippen LogP contribution in [-0.2, 0) is 0 Å². The lowest BCUT2D eigenvalue weighted by molar-refractivity contribution is 0.823. The van der Waals surface area contributed by atoms with Gasteiger partial charge in [-0.05, 0) is 0 Å². The summed E-state index contributed by atoms with van der Waals surface area (Å²) in [7, 11) is 0. The summed E-state index contributed by atoms with van der Waals surface area (Å²) in [5, 5.41) is 0. The van der Waals surface area contributed by atoms with Crippen molar-refractivity contribution >= 4 is 0 Å². The molecule has 30 N–H and O–H groups in total. The second-order valence-corrected chi connectivity index (χ2v) is 1.73. The van der Waals surface area contributed by atoms with Crippen LogP contribution in [0.4, 0.5) is 0 Å². The monoisotopic (exact) mass is 338 g/mol. The van der Waals surface area contributed by atoms with Crippen molar-refractivity contribution in [1.29, 1.82) is 0 Å². The molecule has 0 aliphatic carbocycles. The maximum absolute atomic E-state index is 4.90. The SMILES string of the molecule is NCCN.NCCN.NCCN.NN.O.O.O.O.O.O.O. The van der Waals surface area contributed by atoms with Crippen LogP contribution in [-0.4, -0.2) is 77.6 Å². The van der Waals surface area contributed by atoms with E-state index >= 15 is 0 Å². The highest BCUT2D eigenvalue weighted by Gasteiger charge is 1.55. The Kier molecular flexibility index (Phi) is 932. The minimum absolute atomic E-state index is 0. The fraction of sp³-hybridized carbons (Fsp3) is 1.00. The molecule has 0 radical (unpaired) electrons. The van der Waals surface area contributed by atoms with Gasteiger partial charge in [0, 0.05) is 39.3 Å². The predicted molar refractivity (Wildman–Crippen MR) is 88.0 cm³/mol. The van der Waals surface area contributed by atoms with E-state index in [1.165, 1.54) is 0 Å². The van der Waals surface area contributed by atoms with Crippen LogP contribution >= 0.6 is 0 Å². The summed E-state index contributed by atoms with van der Waals surface area (Å²) in [6.07, 6.45) is 0. The van der Waals surface area contributed by atoms with Crippen molar-refractivity contribution in [2.24, 2.45) is 46.1 Å². The Labute approximate surface area is 125 Å². The van der Waals surface area contributed by atoms with Crippen LogP contribution in [0.25, 0.3) is 0 Å². The molecule has 0 amide bonds. The highest BCUT2D eigenvalue weighted by atomic mass is 16.0. The molecule has 0 atom stereocenters. The van der Waals surface area contributed by atoms with Gasteiger partial charge in [-0.25, -0.2) is 0 Å². The smallest absolute Gasteiger partial charge is 0.00461 e. The van der Waals surface area contributed by atoms with Crippen molar-refractivity contribution in [2.75, 3.05) is 39.3 Å². The number of rotatable bonds is 3. The number of hydrogen-bond donors (Lipinski definition) is 8. The van der Waals surface area contributed by atoms with Gasteiger partial charge in [-0.3, -0.25) is 11.7 Å². The first kappa shape index (κ1) is 86.9. The van der Waals surface area contributed by atoms with Crippen LogP contribution in [0.5, 0.6) is 0 Å². The zero-order valence-corrected chi connectivity index (χ0v) is 12.4. The molecule has 0 aliphatic rings. The van der Waals surface area contributed by atoms with Gasteiger partial charge in [0.05, 0.1) is 0 Å². The molecule has 0 fully saturated rings. The zero-order valence-electron chi connectivity index (χ0n) is 12.4. The largest absolute Gasteiger partial charge is 0.412 e. The molecule has 0 bridgehead atoms. The molecule has 21 heavy (non-hydrogen) atoms. The quantitative estimate of drug-likeness (QED) is 0.179. The van der Waals surface area contributed by atoms with E-state index in [2.05, 4.69) is 11.7 Å². The van der Waals surface area contributed by atoms with E-state index in [0.717, 1.165) is 0 Å². The maximum Gasteiger partial charge on any atom is 0.00461 e. The minimum atomic E-state index is 0. The molecular formula is C6H42N8O7. The Morgan fingerprint density at radius 2 is 0.333 bits per heavy atom. The molecule has 0 heterocycles. The molecule has 0 aromatic carbocycles. The van der Waals surface area contributed by atoms with Crippen molar-refractivity contribution in [3.63, 3.8) is 0 Å². The summed E-state index contributed by atoms with van der Waals surface area (Å²) in [5.74, 6) is 8.00. The van der Waals surface area contributed by atoms with Crippen LogP contribution in [0.15, 0.2) is 0 Å². The van der Waals surface area contributed by atoms with Gasteiger partial charge in [-0.1, -0.05) is 0 Å². The van der Waals surface area contributed by atoms with E-state index in [-0.39, 0.29) is 38.3 Å². The predicted octanol–water partition coefficient (Wildman–Crippen LogP) is -10.2. The molecule has 0 saturated carbocycles. The van der Waals surface area contributed by atoms with Gasteiger partial charge in [0.2, 0.25) is 0 Å². The molecule has 0 spiro atoms. The summed E-state index contributed by atoms with van der Waals surface area (Å²) in [6, 6.07) is 0. The molecule has 0 rings (SSSR count). The van der Waals surface area contributed by atoms with E-state index < -0.39 is 0 Å². The summed E-state index contributed by atoms with van der Waals surface area (Å²) in [6.45, 7) is 3.58. The lowest BCUT2D eigenvalue weighted by atomic mass is 10.7. The third-order valence-corrected chi connectivity index (χ3v) is 0.500. The van der Waals surface area contributed by atoms with Gasteiger partial charge < -0.3 is 72.7 Å². The fourth-order valence-electron chi connectivity index (χ4n) is 0. The maximum atomic E-state index is 4.90. The highest BCUT2D eigenvalue weighted by Crippen LogP contribution is 1.25. The van der Waals surface area contributed by atoms with Crippen LogP contribution in [0.1, 0.15) is 0 Å². The van der Waals surface area contributed by atoms with Gasteiger partial charge in [0.25, 0.3) is 0 Å². The molecule has 15 heteroatoms. The minimum Gasteiger partial charge on any atom is -0.412 e. The molecule has 15 nitrogen and oxygen atoms in total. The molecule has 0 aromatic rings. The van der Waals surface area contributed by atoms with Gasteiger partial charge in [-0.15, -0.1) is 0 Å². The van der Waals surface area contributed by atoms with E-state index in [9.17, 15) is 0 Å². The normalized spacial score (nSPS) is 4.57. The Hall–Kier alpha value is -0.600. The third-order valence-electron chi connectivity index (χ3n) is 0.500. The Morgan fingerprint density at radius 3 is 0.333 bits per heavy atom. The Morgan fingerprint density at radius 1 is 0.286 bits per heavy atom. The van der Waals surface area contributed by atoms with Gasteiger partial charge in [-0.2, -0.15) is 0 Å². The van der Waals surface area contributed by atoms with Crippen LogP contribution in [0, 0.1) is 0 Å². The van der Waals surface area contributed by atoms with Gasteiger partial charge in [0.1, 0.15) is 0 Å². The van der Waals surface area contributed by atoms with Gasteiger partial charge >= 0.3 is 0 Å². The van der Waals surface area contributed by atoms with Crippen LogP contribution in [0.2, 0.25) is 0 Å². The topological polar surface area (TPSA) is 429 Å². The van der Waals surface area contributed by atoms with E-state index in [4.69, 9.17) is 34.4 Å². The number of hydrazine groups is 1. The standard InChI is InChI=1S/3C2H8N2.H4N2.7H2O/c3*3-1-2-4;1-2;;;;;;;/h3*1-4H2;1-2H2;7*1H2. The highest BCUT2D eigenvalue weighted by molar-refractivity contribution is 4.26. The number of hydrogen-bond acceptors (Lipinski definition) is 8. The van der Waals surface area contributed by atoms with Crippen molar-refractivity contribution in [3.05, 3.63) is 0 Å². The lowest BCUT2D eigenvalue weighted by Gasteiger charge is -1.72. The van der Waals surface area contributed by atoms with E-state index in [1.807, 2.05) is 0 Å². The molecule has 0 saturated heterocycles. The van der Waals surface area contributed by atoms with Crippen molar-refractivity contribution < 1.29 is 38.3 Å². The Balaban J connectivity index is -0.00000000647. The number of nitrogens with two attached hydrogens (primary N) is 8. The first-order valence-corrected chi connectivity index (χ1v) is 4.28. The summed E-state index contributed by atoms with van der Waals surface area (Å²) in [4.78, 5) is 0. The third kappa shape index (κ3) is 1020. The first-order valence-electron chi connectivity index (χ1n) is 4.28. The molecule has 0 unspecified atom stereocenters. The average Bonchev–Trinajstić information content (AvgIpc) is 2.31. The second kappa shape index (κ2) is 225. The van der Waals surface area contributed by atoms with Crippen LogP contribution < -0.4 is 46.1 Å². The molecule has 148 valence electrons. The zero-order chi connectivity index (χ0) is 12.2. The van der Waals surface area contributed by atoms with Gasteiger partial charge in [0.15, 0.2) is 0 Å². The molecular weight excluding hydrogens is 296 g/mol. The summed E-state index contributed by atoms with van der Waals surface area (Å²) < 4.78 is 0. The summed E-state index contributed by atoms with van der Waals surface area (Å²) >= 11 is 0. The summed E-state index contributed by atoms with van der Waals surface area (Å²) in [5.41, 5.74) is 29.4. The second-order valence-electron chi connectivity index (χ2n) is 1.73. The Bertz CT molecular complexity index is 48.6. The first-order chi connectivity index (χ1) is 6.74. The lowest BCUT2D eigenvalue weighted by Crippen LogP contribution is -2.11. The fourth-order valence-corrected chi connectivity index (χ4v) is 0. The van der Waals surface area contributed by atoms with E-state index in [0.29, 0.717) is 39.3 Å². The van der Waals surface area contributed by atoms with Crippen molar-refractivity contribution in [3.8, 4) is 0 Å². The average molecular weight is 338 g/mol.